The molecule has 2 N–H and O–H groups in total. The molecule has 0 spiro atoms. The Morgan fingerprint density at radius 3 is 2.27 bits per heavy atom. The van der Waals surface area contributed by atoms with Gasteiger partial charge in [-0.05, 0) is 32.1 Å². The van der Waals surface area contributed by atoms with E-state index in [4.69, 9.17) is 5.11 Å². The van der Waals surface area contributed by atoms with Crippen molar-refractivity contribution in [2.24, 2.45) is 0 Å². The van der Waals surface area contributed by atoms with Gasteiger partial charge in [0.25, 0.3) is 0 Å². The van der Waals surface area contributed by atoms with Crippen molar-refractivity contribution in [3.63, 3.8) is 0 Å². The Morgan fingerprint density at radius 2 is 1.59 bits per heavy atom. The first-order chi connectivity index (χ1) is 10.2. The molecule has 0 fully saturated rings. The van der Waals surface area contributed by atoms with Crippen LogP contribution in [0.1, 0.15) is 90.4 Å². The summed E-state index contributed by atoms with van der Waals surface area (Å²) in [5, 5.41) is 18.3. The molecule has 0 aromatic rings. The van der Waals surface area contributed by atoms with Crippen molar-refractivity contribution < 1.29 is 15.0 Å². The topological polar surface area (TPSA) is 57.5 Å². The van der Waals surface area contributed by atoms with Gasteiger partial charge in [-0.3, -0.25) is 4.79 Å². The number of hydrogen-bond donors (Lipinski definition) is 2. The number of carboxylic acids is 1. The van der Waals surface area contributed by atoms with Crippen LogP contribution in [-0.4, -0.2) is 45.3 Å². The van der Waals surface area contributed by atoms with Gasteiger partial charge in [-0.15, -0.1) is 0 Å². The van der Waals surface area contributed by atoms with Gasteiger partial charge in [-0.1, -0.05) is 64.0 Å². The highest BCUT2D eigenvalue weighted by atomic mass is 24.3. The maximum Gasteiger partial charge on any atom is 0.316 e. The number of carbonyl (C=O) groups is 1. The summed E-state index contributed by atoms with van der Waals surface area (Å²) in [7, 11) is 0. The van der Waals surface area contributed by atoms with Gasteiger partial charge in [-0.2, -0.15) is 0 Å². The van der Waals surface area contributed by atoms with Crippen LogP contribution in [0.25, 0.3) is 0 Å². The van der Waals surface area contributed by atoms with Crippen LogP contribution in [0.2, 0.25) is 0 Å². The fourth-order valence-electron chi connectivity index (χ4n) is 2.36. The van der Waals surface area contributed by atoms with E-state index in [0.29, 0.717) is 6.42 Å². The third kappa shape index (κ3) is 19.9. The lowest BCUT2D eigenvalue weighted by atomic mass is 10.1. The molecule has 4 heteroatoms. The second-order valence-corrected chi connectivity index (χ2v) is 5.91. The second-order valence-electron chi connectivity index (χ2n) is 5.91. The molecule has 0 aliphatic carbocycles. The Labute approximate surface area is 152 Å². The zero-order valence-corrected chi connectivity index (χ0v) is 13.7. The quantitative estimate of drug-likeness (QED) is 0.270. The molecule has 0 aliphatic rings. The summed E-state index contributed by atoms with van der Waals surface area (Å²) in [4.78, 5) is 10.3. The minimum Gasteiger partial charge on any atom is -0.481 e. The highest BCUT2D eigenvalue weighted by Gasteiger charge is 2.00. The molecule has 0 amide bonds. The Morgan fingerprint density at radius 1 is 0.955 bits per heavy atom. The first-order valence-electron chi connectivity index (χ1n) is 8.71. The number of allylic oxidation sites excluding steroid dienone is 1. The van der Waals surface area contributed by atoms with E-state index >= 15 is 0 Å². The third-order valence-corrected chi connectivity index (χ3v) is 3.73. The van der Waals surface area contributed by atoms with Crippen molar-refractivity contribution in [3.05, 3.63) is 12.2 Å². The molecule has 0 heterocycles. The summed E-state index contributed by atoms with van der Waals surface area (Å²) >= 11 is 0. The maximum atomic E-state index is 10.3. The molecule has 0 aliphatic heterocycles. The van der Waals surface area contributed by atoms with Gasteiger partial charge in [0.15, 0.2) is 0 Å². The first-order valence-corrected chi connectivity index (χ1v) is 8.71. The van der Waals surface area contributed by atoms with E-state index in [-0.39, 0.29) is 29.2 Å². The summed E-state index contributed by atoms with van der Waals surface area (Å²) in [5.41, 5.74) is 0. The Hall–Kier alpha value is -0.0638. The van der Waals surface area contributed by atoms with E-state index in [0.717, 1.165) is 51.4 Å². The van der Waals surface area contributed by atoms with Crippen molar-refractivity contribution in [2.45, 2.75) is 96.5 Å². The number of aliphatic hydroxyl groups excluding tert-OH is 1. The standard InChI is InChI=1S/C18H34O3.Mg.2H/c1-2-3-4-11-14-17(19)15-12-9-7-5-6-8-10-13-16-18(20)21;;;/h9,12,17,19H,2-8,10-11,13-16H2,1H3,(H,20,21);;;/b12-9+;;;. The molecule has 3 nitrogen and oxygen atoms in total. The molecular formula is C18H36MgO3. The number of aliphatic carboxylic acids is 1. The normalized spacial score (nSPS) is 12.3. The largest absolute Gasteiger partial charge is 0.481 e. The maximum absolute atomic E-state index is 10.3. The Bertz CT molecular complexity index is 267. The van der Waals surface area contributed by atoms with E-state index in [1.807, 2.05) is 0 Å². The van der Waals surface area contributed by atoms with Gasteiger partial charge in [0.2, 0.25) is 0 Å². The SMILES string of the molecule is CCCCCCC(O)C/C=C/CCCCCCCC(=O)O.[MgH2]. The lowest BCUT2D eigenvalue weighted by molar-refractivity contribution is -0.137. The zero-order valence-electron chi connectivity index (χ0n) is 13.7. The number of aliphatic hydroxyl groups is 1. The molecule has 0 bridgehead atoms. The molecule has 1 atom stereocenters. The van der Waals surface area contributed by atoms with Crippen molar-refractivity contribution in [2.75, 3.05) is 0 Å². The molecule has 0 rings (SSSR count). The second kappa shape index (κ2) is 19.0. The van der Waals surface area contributed by atoms with Gasteiger partial charge >= 0.3 is 29.0 Å². The number of rotatable bonds is 15. The first kappa shape index (κ1) is 24.2. The van der Waals surface area contributed by atoms with Crippen LogP contribution >= 0.6 is 0 Å². The van der Waals surface area contributed by atoms with Crippen LogP contribution in [0.15, 0.2) is 12.2 Å². The molecule has 1 unspecified atom stereocenters. The Kier molecular flexibility index (Phi) is 20.9. The summed E-state index contributed by atoms with van der Waals surface area (Å²) in [6.07, 6.45) is 17.4. The Balaban J connectivity index is 0. The minimum atomic E-state index is -0.689. The van der Waals surface area contributed by atoms with Crippen molar-refractivity contribution in [1.29, 1.82) is 0 Å². The lowest BCUT2D eigenvalue weighted by Gasteiger charge is -2.07. The van der Waals surface area contributed by atoms with Crippen LogP contribution in [0.3, 0.4) is 0 Å². The molecule has 0 radical (unpaired) electrons. The van der Waals surface area contributed by atoms with Crippen LogP contribution in [0.4, 0.5) is 0 Å². The van der Waals surface area contributed by atoms with Gasteiger partial charge in [0.1, 0.15) is 0 Å². The lowest BCUT2D eigenvalue weighted by Crippen LogP contribution is -2.04. The highest BCUT2D eigenvalue weighted by Crippen LogP contribution is 2.10. The van der Waals surface area contributed by atoms with E-state index in [9.17, 15) is 9.90 Å². The third-order valence-electron chi connectivity index (χ3n) is 3.73. The molecule has 22 heavy (non-hydrogen) atoms. The van der Waals surface area contributed by atoms with Crippen molar-refractivity contribution in [1.82, 2.24) is 0 Å². The molecule has 128 valence electrons. The van der Waals surface area contributed by atoms with Crippen LogP contribution in [0.5, 0.6) is 0 Å². The van der Waals surface area contributed by atoms with E-state index in [2.05, 4.69) is 19.1 Å². The van der Waals surface area contributed by atoms with Crippen LogP contribution in [0, 0.1) is 0 Å². The summed E-state index contributed by atoms with van der Waals surface area (Å²) < 4.78 is 0. The molecular weight excluding hydrogens is 288 g/mol. The van der Waals surface area contributed by atoms with Crippen LogP contribution < -0.4 is 0 Å². The van der Waals surface area contributed by atoms with Crippen molar-refractivity contribution in [3.8, 4) is 0 Å². The predicted octanol–water partition coefficient (Wildman–Crippen LogP) is 4.16. The van der Waals surface area contributed by atoms with E-state index in [1.165, 1.54) is 25.7 Å². The van der Waals surface area contributed by atoms with Gasteiger partial charge in [0.05, 0.1) is 6.10 Å². The summed E-state index contributed by atoms with van der Waals surface area (Å²) in [6, 6.07) is 0. The fraction of sp³-hybridized carbons (Fsp3) is 0.833. The average Bonchev–Trinajstić information content (AvgIpc) is 2.45. The predicted molar refractivity (Wildman–Crippen MR) is 97.0 cm³/mol. The minimum absolute atomic E-state index is 0. The van der Waals surface area contributed by atoms with E-state index in [1.54, 1.807) is 0 Å². The number of hydrogen-bond acceptors (Lipinski definition) is 2. The summed E-state index contributed by atoms with van der Waals surface area (Å²) in [6.45, 7) is 2.20. The van der Waals surface area contributed by atoms with Gasteiger partial charge in [-0.25, -0.2) is 0 Å². The molecule has 0 saturated heterocycles. The molecule has 0 saturated carbocycles. The van der Waals surface area contributed by atoms with Crippen molar-refractivity contribution >= 4 is 29.0 Å². The zero-order chi connectivity index (χ0) is 15.8. The fourth-order valence-corrected chi connectivity index (χ4v) is 2.36. The summed E-state index contributed by atoms with van der Waals surface area (Å²) in [5.74, 6) is -0.689. The highest BCUT2D eigenvalue weighted by molar-refractivity contribution is 5.75. The molecule has 0 aromatic heterocycles. The smallest absolute Gasteiger partial charge is 0.316 e. The van der Waals surface area contributed by atoms with Gasteiger partial charge in [0, 0.05) is 6.42 Å². The van der Waals surface area contributed by atoms with E-state index < -0.39 is 5.97 Å². The van der Waals surface area contributed by atoms with Gasteiger partial charge < -0.3 is 10.2 Å². The average molecular weight is 325 g/mol. The van der Waals surface area contributed by atoms with Crippen LogP contribution in [-0.2, 0) is 4.79 Å². The number of unbranched alkanes of at least 4 members (excludes halogenated alkanes) is 8. The number of carboxylic acid groups (broad SMARTS) is 1. The monoisotopic (exact) mass is 324 g/mol. The molecule has 0 aromatic carbocycles.